The van der Waals surface area contributed by atoms with E-state index in [9.17, 15) is 4.79 Å². The third-order valence-electron chi connectivity index (χ3n) is 6.12. The van der Waals surface area contributed by atoms with E-state index in [-0.39, 0.29) is 11.9 Å². The number of unbranched alkanes of at least 4 members (excludes halogenated alkanes) is 5. The lowest BCUT2D eigenvalue weighted by molar-refractivity contribution is -0.137. The average Bonchev–Trinajstić information content (AvgIpc) is 3.26. The third kappa shape index (κ3) is 6.90. The molecule has 3 N–H and O–H groups in total. The SMILES string of the molecule is O.O=C(O)CCCCCCCCn1nc(-c2ccccc2)c(-c2ccccc2)c1-c1ccccc1. The smallest absolute Gasteiger partial charge is 0.303 e. The molecule has 0 aliphatic carbocycles. The molecule has 0 amide bonds. The molecule has 0 saturated carbocycles. The molecule has 0 radical (unpaired) electrons. The summed E-state index contributed by atoms with van der Waals surface area (Å²) in [5.74, 6) is -0.699. The first kappa shape index (κ1) is 25.9. The van der Waals surface area contributed by atoms with Crippen molar-refractivity contribution in [2.24, 2.45) is 0 Å². The van der Waals surface area contributed by atoms with Gasteiger partial charge in [-0.15, -0.1) is 0 Å². The minimum atomic E-state index is -0.699. The van der Waals surface area contributed by atoms with Crippen molar-refractivity contribution >= 4 is 5.97 Å². The van der Waals surface area contributed by atoms with Crippen LogP contribution in [0.3, 0.4) is 0 Å². The van der Waals surface area contributed by atoms with Gasteiger partial charge in [-0.05, 0) is 18.4 Å². The van der Waals surface area contributed by atoms with Gasteiger partial charge in [0.25, 0.3) is 0 Å². The minimum Gasteiger partial charge on any atom is -0.481 e. The van der Waals surface area contributed by atoms with Crippen LogP contribution in [0.25, 0.3) is 33.6 Å². The topological polar surface area (TPSA) is 86.6 Å². The van der Waals surface area contributed by atoms with Crippen molar-refractivity contribution < 1.29 is 15.4 Å². The van der Waals surface area contributed by atoms with Gasteiger partial charge in [0, 0.05) is 29.7 Å². The van der Waals surface area contributed by atoms with Crippen LogP contribution in [0.15, 0.2) is 91.0 Å². The van der Waals surface area contributed by atoms with Gasteiger partial charge in [-0.2, -0.15) is 5.10 Å². The molecule has 0 spiro atoms. The lowest BCUT2D eigenvalue weighted by Gasteiger charge is -2.11. The molecule has 4 aromatic rings. The number of nitrogens with zero attached hydrogens (tertiary/aromatic N) is 2. The fourth-order valence-electron chi connectivity index (χ4n) is 4.43. The number of hydrogen-bond donors (Lipinski definition) is 1. The van der Waals surface area contributed by atoms with E-state index in [4.69, 9.17) is 10.2 Å². The molecule has 1 heterocycles. The summed E-state index contributed by atoms with van der Waals surface area (Å²) in [5, 5.41) is 13.9. The van der Waals surface area contributed by atoms with Gasteiger partial charge in [-0.3, -0.25) is 9.48 Å². The van der Waals surface area contributed by atoms with Crippen molar-refractivity contribution in [3.8, 4) is 33.6 Å². The van der Waals surface area contributed by atoms with Crippen LogP contribution in [0.4, 0.5) is 0 Å². The molecule has 1 aromatic heterocycles. The number of aliphatic carboxylic acids is 1. The van der Waals surface area contributed by atoms with Gasteiger partial charge >= 0.3 is 5.97 Å². The molecule has 5 nitrogen and oxygen atoms in total. The van der Waals surface area contributed by atoms with Crippen molar-refractivity contribution in [1.82, 2.24) is 9.78 Å². The van der Waals surface area contributed by atoms with Crippen LogP contribution in [0.1, 0.15) is 44.9 Å². The first-order chi connectivity index (χ1) is 16.7. The number of carbonyl (C=O) groups is 1. The molecule has 35 heavy (non-hydrogen) atoms. The standard InChI is InChI=1S/C30H32N2O2.H2O/c33-27(34)22-14-3-1-2-4-15-23-32-30(26-20-12-7-13-21-26)28(24-16-8-5-9-17-24)29(31-32)25-18-10-6-11-19-25;/h5-13,16-21H,1-4,14-15,22-23H2,(H,33,34);1H2. The molecule has 3 aromatic carbocycles. The lowest BCUT2D eigenvalue weighted by Crippen LogP contribution is -2.03. The quantitative estimate of drug-likeness (QED) is 0.229. The largest absolute Gasteiger partial charge is 0.481 e. The molecule has 0 atom stereocenters. The maximum atomic E-state index is 10.7. The highest BCUT2D eigenvalue weighted by atomic mass is 16.4. The number of aryl methyl sites for hydroxylation is 1. The van der Waals surface area contributed by atoms with Gasteiger partial charge in [-0.1, -0.05) is 117 Å². The van der Waals surface area contributed by atoms with Crippen LogP contribution in [0, 0.1) is 0 Å². The fraction of sp³-hybridized carbons (Fsp3) is 0.267. The summed E-state index contributed by atoms with van der Waals surface area (Å²) >= 11 is 0. The molecule has 0 fully saturated rings. The predicted molar refractivity (Wildman–Crippen MR) is 142 cm³/mol. The zero-order chi connectivity index (χ0) is 23.6. The van der Waals surface area contributed by atoms with Crippen LogP contribution in [0.2, 0.25) is 0 Å². The van der Waals surface area contributed by atoms with Gasteiger partial charge in [0.2, 0.25) is 0 Å². The molecule has 5 heteroatoms. The monoisotopic (exact) mass is 470 g/mol. The summed E-state index contributed by atoms with van der Waals surface area (Å²) in [6.45, 7) is 0.853. The maximum Gasteiger partial charge on any atom is 0.303 e. The Labute approximate surface area is 207 Å². The Bertz CT molecular complexity index is 1170. The highest BCUT2D eigenvalue weighted by molar-refractivity contribution is 5.91. The highest BCUT2D eigenvalue weighted by Gasteiger charge is 2.21. The van der Waals surface area contributed by atoms with E-state index >= 15 is 0 Å². The van der Waals surface area contributed by atoms with Crippen molar-refractivity contribution in [1.29, 1.82) is 0 Å². The summed E-state index contributed by atoms with van der Waals surface area (Å²) in [4.78, 5) is 10.7. The number of carboxylic acids is 1. The molecular weight excluding hydrogens is 436 g/mol. The summed E-state index contributed by atoms with van der Waals surface area (Å²) in [6.07, 6.45) is 6.40. The zero-order valence-corrected chi connectivity index (χ0v) is 20.1. The number of hydrogen-bond acceptors (Lipinski definition) is 2. The molecular formula is C30H34N2O3. The Morgan fingerprint density at radius 2 is 1.14 bits per heavy atom. The van der Waals surface area contributed by atoms with Gasteiger partial charge < -0.3 is 10.6 Å². The van der Waals surface area contributed by atoms with Crippen LogP contribution in [-0.2, 0) is 11.3 Å². The second-order valence-corrected chi connectivity index (χ2v) is 8.66. The van der Waals surface area contributed by atoms with Crippen molar-refractivity contribution in [2.45, 2.75) is 51.5 Å². The highest BCUT2D eigenvalue weighted by Crippen LogP contribution is 2.40. The van der Waals surface area contributed by atoms with E-state index in [1.54, 1.807) is 0 Å². The van der Waals surface area contributed by atoms with Crippen LogP contribution >= 0.6 is 0 Å². The molecule has 0 bridgehead atoms. The van der Waals surface area contributed by atoms with E-state index in [1.165, 1.54) is 16.7 Å². The number of benzene rings is 3. The lowest BCUT2D eigenvalue weighted by atomic mass is 9.96. The van der Waals surface area contributed by atoms with E-state index < -0.39 is 5.97 Å². The number of aromatic nitrogens is 2. The van der Waals surface area contributed by atoms with Gasteiger partial charge in [0.15, 0.2) is 0 Å². The average molecular weight is 471 g/mol. The van der Waals surface area contributed by atoms with Crippen molar-refractivity contribution in [2.75, 3.05) is 0 Å². The zero-order valence-electron chi connectivity index (χ0n) is 20.1. The first-order valence-electron chi connectivity index (χ1n) is 12.2. The summed E-state index contributed by atoms with van der Waals surface area (Å²) < 4.78 is 2.18. The minimum absolute atomic E-state index is 0. The Morgan fingerprint density at radius 3 is 1.71 bits per heavy atom. The van der Waals surface area contributed by atoms with Gasteiger partial charge in [0.1, 0.15) is 5.69 Å². The summed E-state index contributed by atoms with van der Waals surface area (Å²) in [7, 11) is 0. The number of carboxylic acid groups (broad SMARTS) is 1. The first-order valence-corrected chi connectivity index (χ1v) is 12.2. The maximum absolute atomic E-state index is 10.7. The van der Waals surface area contributed by atoms with Crippen LogP contribution in [-0.4, -0.2) is 26.3 Å². The van der Waals surface area contributed by atoms with Crippen LogP contribution in [0.5, 0.6) is 0 Å². The predicted octanol–water partition coefficient (Wildman–Crippen LogP) is 6.87. The Balaban J connectivity index is 0.00000342. The Morgan fingerprint density at radius 1 is 0.657 bits per heavy atom. The molecule has 4 rings (SSSR count). The molecule has 0 unspecified atom stereocenters. The van der Waals surface area contributed by atoms with Crippen molar-refractivity contribution in [3.63, 3.8) is 0 Å². The summed E-state index contributed by atoms with van der Waals surface area (Å²) in [5.41, 5.74) is 6.81. The number of rotatable bonds is 12. The van der Waals surface area contributed by atoms with Gasteiger partial charge in [-0.25, -0.2) is 0 Å². The van der Waals surface area contributed by atoms with Gasteiger partial charge in [0.05, 0.1) is 5.69 Å². The van der Waals surface area contributed by atoms with E-state index in [0.717, 1.165) is 62.0 Å². The third-order valence-corrected chi connectivity index (χ3v) is 6.12. The second-order valence-electron chi connectivity index (χ2n) is 8.66. The summed E-state index contributed by atoms with van der Waals surface area (Å²) in [6, 6.07) is 31.5. The van der Waals surface area contributed by atoms with Crippen LogP contribution < -0.4 is 0 Å². The van der Waals surface area contributed by atoms with E-state index in [2.05, 4.69) is 89.6 Å². The molecule has 0 saturated heterocycles. The Hall–Kier alpha value is -3.70. The molecule has 0 aliphatic rings. The molecule has 182 valence electrons. The van der Waals surface area contributed by atoms with Crippen molar-refractivity contribution in [3.05, 3.63) is 91.0 Å². The molecule has 0 aliphatic heterocycles. The fourth-order valence-corrected chi connectivity index (χ4v) is 4.43. The van der Waals surface area contributed by atoms with E-state index in [1.807, 2.05) is 6.07 Å². The second kappa shape index (κ2) is 13.3. The normalized spacial score (nSPS) is 10.6. The Kier molecular flexibility index (Phi) is 9.81. The van der Waals surface area contributed by atoms with E-state index in [0.29, 0.717) is 0 Å².